The summed E-state index contributed by atoms with van der Waals surface area (Å²) in [7, 11) is 0. The first-order chi connectivity index (χ1) is 8.40. The van der Waals surface area contributed by atoms with E-state index in [2.05, 4.69) is 10.2 Å². The van der Waals surface area contributed by atoms with Gasteiger partial charge in [-0.15, -0.1) is 0 Å². The topological polar surface area (TPSA) is 42.7 Å². The minimum absolute atomic E-state index is 0.389. The van der Waals surface area contributed by atoms with E-state index in [-0.39, 0.29) is 0 Å². The van der Waals surface area contributed by atoms with Crippen LogP contribution in [0.15, 0.2) is 24.3 Å². The molecule has 1 N–H and O–H groups in total. The molecule has 0 aliphatic carbocycles. The fraction of sp³-hybridized carbons (Fsp3) is 0.429. The van der Waals surface area contributed by atoms with Gasteiger partial charge in [0.2, 0.25) is 6.54 Å². The number of rotatable bonds is 3. The SMILES string of the molecule is [C-]#[N+]Cc1ccc(CNC(=O)OC(C)(C)C)cc1. The highest BCUT2D eigenvalue weighted by molar-refractivity contribution is 5.67. The van der Waals surface area contributed by atoms with Crippen LogP contribution in [0.2, 0.25) is 0 Å². The van der Waals surface area contributed by atoms with Crippen LogP contribution in [0.4, 0.5) is 4.79 Å². The molecular formula is C14H18N2O2. The number of nitrogens with zero attached hydrogens (tertiary/aromatic N) is 1. The summed E-state index contributed by atoms with van der Waals surface area (Å²) >= 11 is 0. The van der Waals surface area contributed by atoms with Crippen molar-refractivity contribution >= 4 is 6.09 Å². The summed E-state index contributed by atoms with van der Waals surface area (Å²) in [6, 6.07) is 7.59. The molecule has 0 heterocycles. The molecule has 4 nitrogen and oxygen atoms in total. The molecule has 4 heteroatoms. The van der Waals surface area contributed by atoms with Crippen molar-refractivity contribution in [3.05, 3.63) is 46.8 Å². The van der Waals surface area contributed by atoms with E-state index in [1.165, 1.54) is 0 Å². The number of amides is 1. The van der Waals surface area contributed by atoms with E-state index in [0.717, 1.165) is 11.1 Å². The second-order valence-electron chi connectivity index (χ2n) is 4.99. The van der Waals surface area contributed by atoms with Crippen molar-refractivity contribution in [2.24, 2.45) is 0 Å². The summed E-state index contributed by atoms with van der Waals surface area (Å²) in [5.41, 5.74) is 1.48. The van der Waals surface area contributed by atoms with Crippen molar-refractivity contribution in [3.8, 4) is 0 Å². The Labute approximate surface area is 108 Å². The number of nitrogens with one attached hydrogen (secondary N) is 1. The number of ether oxygens (including phenoxy) is 1. The highest BCUT2D eigenvalue weighted by Gasteiger charge is 2.15. The minimum Gasteiger partial charge on any atom is -0.444 e. The third-order valence-electron chi connectivity index (χ3n) is 2.12. The first kappa shape index (κ1) is 14.0. The quantitative estimate of drug-likeness (QED) is 0.833. The molecular weight excluding hydrogens is 228 g/mol. The van der Waals surface area contributed by atoms with Crippen molar-refractivity contribution in [1.82, 2.24) is 5.32 Å². The summed E-state index contributed by atoms with van der Waals surface area (Å²) in [5, 5.41) is 2.69. The lowest BCUT2D eigenvalue weighted by atomic mass is 10.1. The van der Waals surface area contributed by atoms with Crippen LogP contribution < -0.4 is 5.32 Å². The van der Waals surface area contributed by atoms with Gasteiger partial charge in [-0.1, -0.05) is 24.3 Å². The molecule has 0 saturated carbocycles. The molecule has 1 aromatic carbocycles. The first-order valence-electron chi connectivity index (χ1n) is 5.78. The summed E-state index contributed by atoms with van der Waals surface area (Å²) in [5.74, 6) is 0. The maximum atomic E-state index is 11.4. The molecule has 18 heavy (non-hydrogen) atoms. The molecule has 0 aliphatic rings. The maximum Gasteiger partial charge on any atom is 0.407 e. The average molecular weight is 246 g/mol. The van der Waals surface area contributed by atoms with Gasteiger partial charge in [-0.25, -0.2) is 11.4 Å². The van der Waals surface area contributed by atoms with Gasteiger partial charge >= 0.3 is 6.09 Å². The molecule has 0 saturated heterocycles. The lowest BCUT2D eigenvalue weighted by Gasteiger charge is -2.19. The zero-order valence-corrected chi connectivity index (χ0v) is 11.0. The lowest BCUT2D eigenvalue weighted by Crippen LogP contribution is -2.32. The third kappa shape index (κ3) is 5.35. The molecule has 0 radical (unpaired) electrons. The van der Waals surface area contributed by atoms with Crippen LogP contribution in [0, 0.1) is 6.57 Å². The molecule has 1 amide bonds. The number of carbonyl (C=O) groups is 1. The average Bonchev–Trinajstić information content (AvgIpc) is 2.26. The van der Waals surface area contributed by atoms with Gasteiger partial charge in [0.1, 0.15) is 5.60 Å². The van der Waals surface area contributed by atoms with Gasteiger partial charge in [0.05, 0.1) is 0 Å². The zero-order valence-electron chi connectivity index (χ0n) is 11.0. The molecule has 0 atom stereocenters. The predicted molar refractivity (Wildman–Crippen MR) is 69.8 cm³/mol. The zero-order chi connectivity index (χ0) is 13.6. The Morgan fingerprint density at radius 1 is 1.28 bits per heavy atom. The fourth-order valence-corrected chi connectivity index (χ4v) is 1.34. The molecule has 1 rings (SSSR count). The van der Waals surface area contributed by atoms with Crippen molar-refractivity contribution in [3.63, 3.8) is 0 Å². The first-order valence-corrected chi connectivity index (χ1v) is 5.78. The van der Waals surface area contributed by atoms with Crippen LogP contribution in [-0.2, 0) is 17.8 Å². The van der Waals surface area contributed by atoms with Crippen LogP contribution in [0.5, 0.6) is 0 Å². The molecule has 0 spiro atoms. The Morgan fingerprint density at radius 3 is 2.33 bits per heavy atom. The number of benzene rings is 1. The monoisotopic (exact) mass is 246 g/mol. The normalized spacial score (nSPS) is 10.6. The molecule has 96 valence electrons. The van der Waals surface area contributed by atoms with E-state index in [0.29, 0.717) is 13.1 Å². The van der Waals surface area contributed by atoms with E-state index in [9.17, 15) is 4.79 Å². The number of hydrogen-bond acceptors (Lipinski definition) is 2. The van der Waals surface area contributed by atoms with Crippen LogP contribution in [0.25, 0.3) is 4.85 Å². The summed E-state index contributed by atoms with van der Waals surface area (Å²) in [6.07, 6.45) is -0.423. The molecule has 0 fully saturated rings. The van der Waals surface area contributed by atoms with Gasteiger partial charge < -0.3 is 14.9 Å². The van der Waals surface area contributed by atoms with Crippen LogP contribution >= 0.6 is 0 Å². The Hall–Kier alpha value is -2.02. The highest BCUT2D eigenvalue weighted by Crippen LogP contribution is 2.08. The highest BCUT2D eigenvalue weighted by atomic mass is 16.6. The predicted octanol–water partition coefficient (Wildman–Crippen LogP) is 3.13. The number of alkyl carbamates (subject to hydrolysis) is 1. The molecule has 0 bridgehead atoms. The van der Waals surface area contributed by atoms with Gasteiger partial charge in [-0.05, 0) is 26.3 Å². The van der Waals surface area contributed by atoms with E-state index in [1.807, 2.05) is 45.0 Å². The minimum atomic E-state index is -0.483. The maximum absolute atomic E-state index is 11.4. The number of hydrogen-bond donors (Lipinski definition) is 1. The largest absolute Gasteiger partial charge is 0.444 e. The van der Waals surface area contributed by atoms with Gasteiger partial charge in [0.25, 0.3) is 0 Å². The lowest BCUT2D eigenvalue weighted by molar-refractivity contribution is 0.0523. The van der Waals surface area contributed by atoms with Crippen LogP contribution in [-0.4, -0.2) is 11.7 Å². The summed E-state index contributed by atoms with van der Waals surface area (Å²) < 4.78 is 5.13. The Balaban J connectivity index is 2.44. The summed E-state index contributed by atoms with van der Waals surface area (Å²) in [6.45, 7) is 13.1. The second kappa shape index (κ2) is 6.06. The van der Waals surface area contributed by atoms with Gasteiger partial charge in [-0.3, -0.25) is 0 Å². The van der Waals surface area contributed by atoms with Gasteiger partial charge in [0.15, 0.2) is 0 Å². The van der Waals surface area contributed by atoms with Gasteiger partial charge in [-0.2, -0.15) is 0 Å². The van der Waals surface area contributed by atoms with E-state index in [1.54, 1.807) is 0 Å². The van der Waals surface area contributed by atoms with Crippen LogP contribution in [0.1, 0.15) is 31.9 Å². The van der Waals surface area contributed by atoms with E-state index in [4.69, 9.17) is 11.3 Å². The van der Waals surface area contributed by atoms with Crippen LogP contribution in [0.3, 0.4) is 0 Å². The standard InChI is InChI=1S/C14H18N2O2/c1-14(2,3)18-13(17)16-10-12-7-5-11(6-8-12)9-15-4/h5-8H,9-10H2,1-3H3,(H,16,17). The molecule has 0 unspecified atom stereocenters. The smallest absolute Gasteiger partial charge is 0.407 e. The van der Waals surface area contributed by atoms with E-state index < -0.39 is 11.7 Å². The summed E-state index contributed by atoms with van der Waals surface area (Å²) in [4.78, 5) is 14.7. The van der Waals surface area contributed by atoms with E-state index >= 15 is 0 Å². The van der Waals surface area contributed by atoms with Crippen molar-refractivity contribution in [2.45, 2.75) is 39.5 Å². The Morgan fingerprint density at radius 2 is 1.83 bits per heavy atom. The fourth-order valence-electron chi connectivity index (χ4n) is 1.34. The third-order valence-corrected chi connectivity index (χ3v) is 2.12. The van der Waals surface area contributed by atoms with Gasteiger partial charge in [0, 0.05) is 12.1 Å². The molecule has 0 aromatic heterocycles. The van der Waals surface area contributed by atoms with Crippen molar-refractivity contribution in [1.29, 1.82) is 0 Å². The molecule has 0 aliphatic heterocycles. The Bertz CT molecular complexity index is 438. The molecule has 1 aromatic rings. The Kier molecular flexibility index (Phi) is 4.73. The van der Waals surface area contributed by atoms with Crippen molar-refractivity contribution in [2.75, 3.05) is 0 Å². The number of carbonyl (C=O) groups excluding carboxylic acids is 1. The second-order valence-corrected chi connectivity index (χ2v) is 4.99. The van der Waals surface area contributed by atoms with Crippen molar-refractivity contribution < 1.29 is 9.53 Å².